The van der Waals surface area contributed by atoms with Crippen molar-refractivity contribution in [3.05, 3.63) is 29.8 Å². The Bertz CT molecular complexity index is 450. The van der Waals surface area contributed by atoms with Gasteiger partial charge in [0.15, 0.2) is 0 Å². The Hall–Kier alpha value is -1.00. The van der Waals surface area contributed by atoms with Crippen LogP contribution in [0.5, 0.6) is 0 Å². The molecule has 1 saturated heterocycles. The highest BCUT2D eigenvalue weighted by Crippen LogP contribution is 2.25. The second-order valence-electron chi connectivity index (χ2n) is 5.07. The van der Waals surface area contributed by atoms with E-state index in [9.17, 15) is 4.79 Å². The highest BCUT2D eigenvalue weighted by atomic mass is 32.2. The molecule has 1 aromatic carbocycles. The van der Waals surface area contributed by atoms with Gasteiger partial charge in [-0.1, -0.05) is 25.5 Å². The van der Waals surface area contributed by atoms with E-state index in [1.54, 1.807) is 11.8 Å². The van der Waals surface area contributed by atoms with Crippen molar-refractivity contribution in [2.75, 3.05) is 19.3 Å². The smallest absolute Gasteiger partial charge is 0.254 e. The minimum absolute atomic E-state index is 0.148. The van der Waals surface area contributed by atoms with Crippen molar-refractivity contribution < 1.29 is 4.79 Å². The standard InChI is InChI=1S/C15H22N2OS/c1-3-11-10-17(9-8-13(11)16)15(18)12-6-4-5-7-14(12)19-2/h4-7,11,13H,3,8-10,16H2,1-2H3. The second kappa shape index (κ2) is 6.44. The zero-order chi connectivity index (χ0) is 13.8. The molecule has 1 aromatic rings. The van der Waals surface area contributed by atoms with Gasteiger partial charge in [-0.05, 0) is 30.7 Å². The van der Waals surface area contributed by atoms with Crippen molar-refractivity contribution in [3.8, 4) is 0 Å². The van der Waals surface area contributed by atoms with Gasteiger partial charge in [0, 0.05) is 24.0 Å². The van der Waals surface area contributed by atoms with E-state index in [1.165, 1.54) is 0 Å². The van der Waals surface area contributed by atoms with Crippen LogP contribution in [0.1, 0.15) is 30.1 Å². The summed E-state index contributed by atoms with van der Waals surface area (Å²) < 4.78 is 0. The van der Waals surface area contributed by atoms with Crippen molar-refractivity contribution in [2.24, 2.45) is 11.7 Å². The summed E-state index contributed by atoms with van der Waals surface area (Å²) in [4.78, 5) is 15.6. The van der Waals surface area contributed by atoms with Crippen LogP contribution < -0.4 is 5.73 Å². The van der Waals surface area contributed by atoms with Crippen molar-refractivity contribution in [3.63, 3.8) is 0 Å². The lowest BCUT2D eigenvalue weighted by molar-refractivity contribution is 0.0645. The maximum absolute atomic E-state index is 12.6. The number of thioether (sulfide) groups is 1. The number of piperidine rings is 1. The third kappa shape index (κ3) is 3.12. The Morgan fingerprint density at radius 3 is 2.89 bits per heavy atom. The third-order valence-corrected chi connectivity index (χ3v) is 4.74. The zero-order valence-electron chi connectivity index (χ0n) is 11.6. The molecule has 4 heteroatoms. The monoisotopic (exact) mass is 278 g/mol. The van der Waals surface area contributed by atoms with Gasteiger partial charge >= 0.3 is 0 Å². The van der Waals surface area contributed by atoms with Gasteiger partial charge in [-0.15, -0.1) is 11.8 Å². The minimum Gasteiger partial charge on any atom is -0.338 e. The summed E-state index contributed by atoms with van der Waals surface area (Å²) in [6.07, 6.45) is 3.95. The highest BCUT2D eigenvalue weighted by Gasteiger charge is 2.29. The Morgan fingerprint density at radius 1 is 1.47 bits per heavy atom. The quantitative estimate of drug-likeness (QED) is 0.865. The average molecular weight is 278 g/mol. The molecule has 0 spiro atoms. The summed E-state index contributed by atoms with van der Waals surface area (Å²) in [6.45, 7) is 3.72. The van der Waals surface area contributed by atoms with Crippen LogP contribution >= 0.6 is 11.8 Å². The number of amides is 1. The second-order valence-corrected chi connectivity index (χ2v) is 5.92. The van der Waals surface area contributed by atoms with Gasteiger partial charge in [0.05, 0.1) is 5.56 Å². The molecule has 0 aliphatic carbocycles. The molecular formula is C15H22N2OS. The number of rotatable bonds is 3. The minimum atomic E-state index is 0.148. The molecule has 1 aliphatic heterocycles. The van der Waals surface area contributed by atoms with Crippen LogP contribution in [0.3, 0.4) is 0 Å². The number of carbonyl (C=O) groups is 1. The van der Waals surface area contributed by atoms with Crippen molar-refractivity contribution >= 4 is 17.7 Å². The number of hydrogen-bond acceptors (Lipinski definition) is 3. The van der Waals surface area contributed by atoms with E-state index >= 15 is 0 Å². The normalized spacial score (nSPS) is 23.4. The molecule has 19 heavy (non-hydrogen) atoms. The number of carbonyl (C=O) groups excluding carboxylic acids is 1. The van der Waals surface area contributed by atoms with E-state index in [0.29, 0.717) is 5.92 Å². The summed E-state index contributed by atoms with van der Waals surface area (Å²) in [5.74, 6) is 0.578. The summed E-state index contributed by atoms with van der Waals surface area (Å²) in [5.41, 5.74) is 6.92. The molecule has 1 fully saturated rings. The van der Waals surface area contributed by atoms with Crippen LogP contribution in [-0.4, -0.2) is 36.2 Å². The Morgan fingerprint density at radius 2 is 2.21 bits per heavy atom. The van der Waals surface area contributed by atoms with Gasteiger partial charge < -0.3 is 10.6 Å². The summed E-state index contributed by atoms with van der Waals surface area (Å²) in [5, 5.41) is 0. The maximum Gasteiger partial charge on any atom is 0.254 e. The molecule has 0 aromatic heterocycles. The van der Waals surface area contributed by atoms with E-state index in [1.807, 2.05) is 35.4 Å². The lowest BCUT2D eigenvalue weighted by atomic mass is 9.90. The Balaban J connectivity index is 2.15. The predicted octanol–water partition coefficient (Wildman–Crippen LogP) is 2.61. The largest absolute Gasteiger partial charge is 0.338 e. The zero-order valence-corrected chi connectivity index (χ0v) is 12.5. The lowest BCUT2D eigenvalue weighted by Gasteiger charge is -2.36. The summed E-state index contributed by atoms with van der Waals surface area (Å²) in [6, 6.07) is 8.07. The Labute approximate surface area is 119 Å². The van der Waals surface area contributed by atoms with Crippen molar-refractivity contribution in [1.82, 2.24) is 4.90 Å². The fraction of sp³-hybridized carbons (Fsp3) is 0.533. The third-order valence-electron chi connectivity index (χ3n) is 3.94. The van der Waals surface area contributed by atoms with Gasteiger partial charge in [0.1, 0.15) is 0 Å². The summed E-state index contributed by atoms with van der Waals surface area (Å²) in [7, 11) is 0. The first kappa shape index (κ1) is 14.4. The van der Waals surface area contributed by atoms with Gasteiger partial charge in [0.25, 0.3) is 5.91 Å². The van der Waals surface area contributed by atoms with Crippen LogP contribution in [0.4, 0.5) is 0 Å². The maximum atomic E-state index is 12.6. The first-order valence-electron chi connectivity index (χ1n) is 6.85. The van der Waals surface area contributed by atoms with Gasteiger partial charge in [-0.25, -0.2) is 0 Å². The van der Waals surface area contributed by atoms with Crippen molar-refractivity contribution in [1.29, 1.82) is 0 Å². The summed E-state index contributed by atoms with van der Waals surface area (Å²) >= 11 is 1.62. The molecule has 0 radical (unpaired) electrons. The molecule has 3 nitrogen and oxygen atoms in total. The molecule has 0 bridgehead atoms. The molecule has 104 valence electrons. The molecule has 2 atom stereocenters. The Kier molecular flexibility index (Phi) is 4.88. The molecule has 1 aliphatic rings. The van der Waals surface area contributed by atoms with Gasteiger partial charge in [0.2, 0.25) is 0 Å². The van der Waals surface area contributed by atoms with Crippen molar-refractivity contribution in [2.45, 2.75) is 30.7 Å². The fourth-order valence-corrected chi connectivity index (χ4v) is 3.25. The van der Waals surface area contributed by atoms with Crippen LogP contribution in [0, 0.1) is 5.92 Å². The van der Waals surface area contributed by atoms with Crippen LogP contribution in [-0.2, 0) is 0 Å². The molecule has 0 saturated carbocycles. The van der Waals surface area contributed by atoms with Crippen LogP contribution in [0.2, 0.25) is 0 Å². The molecule has 2 N–H and O–H groups in total. The van der Waals surface area contributed by atoms with E-state index < -0.39 is 0 Å². The number of hydrogen-bond donors (Lipinski definition) is 1. The first-order valence-corrected chi connectivity index (χ1v) is 8.07. The highest BCUT2D eigenvalue weighted by molar-refractivity contribution is 7.98. The number of benzene rings is 1. The number of nitrogens with two attached hydrogens (primary N) is 1. The topological polar surface area (TPSA) is 46.3 Å². The predicted molar refractivity (Wildman–Crippen MR) is 80.5 cm³/mol. The van der Waals surface area contributed by atoms with Gasteiger partial charge in [-0.2, -0.15) is 0 Å². The number of nitrogens with zero attached hydrogens (tertiary/aromatic N) is 1. The first-order chi connectivity index (χ1) is 9.17. The average Bonchev–Trinajstić information content (AvgIpc) is 2.47. The molecule has 2 unspecified atom stereocenters. The molecule has 1 amide bonds. The lowest BCUT2D eigenvalue weighted by Crippen LogP contribution is -2.49. The van der Waals surface area contributed by atoms with E-state index in [0.717, 1.165) is 36.4 Å². The molecule has 2 rings (SSSR count). The van der Waals surface area contributed by atoms with Crippen LogP contribution in [0.15, 0.2) is 29.2 Å². The number of likely N-dealkylation sites (tertiary alicyclic amines) is 1. The molecule has 1 heterocycles. The fourth-order valence-electron chi connectivity index (χ4n) is 2.66. The van der Waals surface area contributed by atoms with E-state index in [4.69, 9.17) is 5.73 Å². The van der Waals surface area contributed by atoms with Crippen LogP contribution in [0.25, 0.3) is 0 Å². The van der Waals surface area contributed by atoms with Gasteiger partial charge in [-0.3, -0.25) is 4.79 Å². The SMILES string of the molecule is CCC1CN(C(=O)c2ccccc2SC)CCC1N. The van der Waals surface area contributed by atoms with E-state index in [-0.39, 0.29) is 11.9 Å². The van der Waals surface area contributed by atoms with E-state index in [2.05, 4.69) is 6.92 Å². The molecular weight excluding hydrogens is 256 g/mol.